The van der Waals surface area contributed by atoms with Crippen LogP contribution in [-0.2, 0) is 11.3 Å². The van der Waals surface area contributed by atoms with Gasteiger partial charge in [-0.3, -0.25) is 0 Å². The first-order valence-electron chi connectivity index (χ1n) is 8.27. The summed E-state index contributed by atoms with van der Waals surface area (Å²) < 4.78 is 16.5. The summed E-state index contributed by atoms with van der Waals surface area (Å²) in [4.78, 5) is 11.7. The molecule has 1 aliphatic rings. The van der Waals surface area contributed by atoms with E-state index in [2.05, 4.69) is 19.2 Å². The zero-order valence-electron chi connectivity index (χ0n) is 15.2. The first-order valence-corrected chi connectivity index (χ1v) is 8.27. The third-order valence-corrected chi connectivity index (χ3v) is 4.38. The van der Waals surface area contributed by atoms with Crippen molar-refractivity contribution >= 4 is 18.5 Å². The third kappa shape index (κ3) is 4.41. The molecule has 3 rings (SSSR count). The van der Waals surface area contributed by atoms with E-state index in [-0.39, 0.29) is 23.9 Å². The summed E-state index contributed by atoms with van der Waals surface area (Å²) >= 11 is 0. The van der Waals surface area contributed by atoms with Gasteiger partial charge < -0.3 is 19.5 Å². The molecule has 6 heteroatoms. The zero-order valence-corrected chi connectivity index (χ0v) is 16.0. The number of carbonyl (C=O) groups is 1. The minimum absolute atomic E-state index is 0. The molecule has 0 unspecified atom stereocenters. The van der Waals surface area contributed by atoms with Gasteiger partial charge in [0.1, 0.15) is 13.2 Å². The molecule has 0 aliphatic carbocycles. The number of rotatable bonds is 5. The van der Waals surface area contributed by atoms with Crippen LogP contribution in [0.4, 0.5) is 4.79 Å². The second-order valence-electron chi connectivity index (χ2n) is 6.83. The van der Waals surface area contributed by atoms with Crippen molar-refractivity contribution in [3.63, 3.8) is 0 Å². The number of nitrogens with one attached hydrogen (secondary N) is 1. The van der Waals surface area contributed by atoms with E-state index in [1.54, 1.807) is 7.11 Å². The fraction of sp³-hybridized carbons (Fsp3) is 0.350. The fourth-order valence-electron chi connectivity index (χ4n) is 2.95. The third-order valence-electron chi connectivity index (χ3n) is 4.38. The van der Waals surface area contributed by atoms with Crippen molar-refractivity contribution in [1.82, 2.24) is 5.32 Å². The Morgan fingerprint density at radius 3 is 2.58 bits per heavy atom. The Bertz CT molecular complexity index is 749. The highest BCUT2D eigenvalue weighted by Gasteiger charge is 2.38. The smallest absolute Gasteiger partial charge is 0.407 e. The Morgan fingerprint density at radius 2 is 1.88 bits per heavy atom. The van der Waals surface area contributed by atoms with Crippen LogP contribution in [0, 0.1) is 5.41 Å². The van der Waals surface area contributed by atoms with Crippen LogP contribution in [0.15, 0.2) is 48.5 Å². The molecule has 2 aromatic rings. The minimum Gasteiger partial charge on any atom is -0.493 e. The Balaban J connectivity index is 0.00000243. The molecule has 1 saturated heterocycles. The lowest BCUT2D eigenvalue weighted by Gasteiger charge is -2.38. The first-order chi connectivity index (χ1) is 12.0. The normalized spacial score (nSPS) is 18.1. The van der Waals surface area contributed by atoms with Gasteiger partial charge in [0.15, 0.2) is 11.5 Å². The number of alkyl carbamates (subject to hydrolysis) is 1. The van der Waals surface area contributed by atoms with Gasteiger partial charge in [0, 0.05) is 5.41 Å². The summed E-state index contributed by atoms with van der Waals surface area (Å²) in [5.74, 6) is 1.32. The number of ether oxygens (including phenoxy) is 3. The van der Waals surface area contributed by atoms with Crippen LogP contribution in [0.3, 0.4) is 0 Å². The van der Waals surface area contributed by atoms with Gasteiger partial charge in [-0.15, -0.1) is 12.4 Å². The van der Waals surface area contributed by atoms with E-state index in [1.165, 1.54) is 0 Å². The summed E-state index contributed by atoms with van der Waals surface area (Å²) in [7, 11) is 1.62. The minimum atomic E-state index is -0.396. The van der Waals surface area contributed by atoms with Crippen LogP contribution >= 0.6 is 12.4 Å². The van der Waals surface area contributed by atoms with Gasteiger partial charge >= 0.3 is 6.09 Å². The molecule has 1 fully saturated rings. The maximum atomic E-state index is 11.7. The van der Waals surface area contributed by atoms with Crippen LogP contribution in [0.2, 0.25) is 0 Å². The van der Waals surface area contributed by atoms with Crippen LogP contribution in [0.5, 0.6) is 11.5 Å². The number of hydrogen-bond acceptors (Lipinski definition) is 4. The van der Waals surface area contributed by atoms with Crippen LogP contribution in [0.1, 0.15) is 31.0 Å². The van der Waals surface area contributed by atoms with Crippen molar-refractivity contribution in [3.8, 4) is 11.5 Å². The van der Waals surface area contributed by atoms with Gasteiger partial charge in [-0.2, -0.15) is 0 Å². The van der Waals surface area contributed by atoms with Gasteiger partial charge in [-0.05, 0) is 23.3 Å². The molecular formula is C20H24ClNO4. The van der Waals surface area contributed by atoms with Crippen LogP contribution in [0.25, 0.3) is 0 Å². The molecule has 0 aromatic heterocycles. The molecule has 0 spiro atoms. The molecule has 0 radical (unpaired) electrons. The predicted molar refractivity (Wildman–Crippen MR) is 102 cm³/mol. The number of cyclic esters (lactones) is 1. The topological polar surface area (TPSA) is 56.8 Å². The van der Waals surface area contributed by atoms with E-state index in [1.807, 2.05) is 48.5 Å². The molecule has 1 aliphatic heterocycles. The average molecular weight is 378 g/mol. The molecule has 26 heavy (non-hydrogen) atoms. The van der Waals surface area contributed by atoms with E-state index < -0.39 is 6.09 Å². The monoisotopic (exact) mass is 377 g/mol. The standard InChI is InChI=1S/C20H23NO4.ClH/c1-20(2)13-25-19(22)21-18(20)15-9-10-16(23-3)17(11-15)24-12-14-7-5-4-6-8-14;/h4-11,18H,12-13H2,1-3H3,(H,21,22);1H/t18-;/m0./s1. The van der Waals surface area contributed by atoms with Gasteiger partial charge in [0.05, 0.1) is 13.2 Å². The number of amides is 1. The maximum Gasteiger partial charge on any atom is 0.407 e. The molecule has 1 heterocycles. The number of benzene rings is 2. The van der Waals surface area contributed by atoms with E-state index in [9.17, 15) is 4.79 Å². The quantitative estimate of drug-likeness (QED) is 0.833. The van der Waals surface area contributed by atoms with Gasteiger partial charge in [-0.25, -0.2) is 4.79 Å². The summed E-state index contributed by atoms with van der Waals surface area (Å²) in [5.41, 5.74) is 1.82. The maximum absolute atomic E-state index is 11.7. The van der Waals surface area contributed by atoms with Crippen molar-refractivity contribution in [2.75, 3.05) is 13.7 Å². The number of halogens is 1. The summed E-state index contributed by atoms with van der Waals surface area (Å²) in [6, 6.07) is 15.5. The number of methoxy groups -OCH3 is 1. The molecule has 1 N–H and O–H groups in total. The molecule has 140 valence electrons. The van der Waals surface area contributed by atoms with E-state index in [0.717, 1.165) is 11.1 Å². The first kappa shape index (κ1) is 19.9. The Hall–Kier alpha value is -2.40. The Kier molecular flexibility index (Phi) is 6.37. The lowest BCUT2D eigenvalue weighted by molar-refractivity contribution is 0.0386. The SMILES string of the molecule is COc1ccc([C@@H]2NC(=O)OCC2(C)C)cc1OCc1ccccc1.Cl. The van der Waals surface area contributed by atoms with Gasteiger partial charge in [0.25, 0.3) is 0 Å². The van der Waals surface area contributed by atoms with Crippen molar-refractivity contribution in [1.29, 1.82) is 0 Å². The van der Waals surface area contributed by atoms with Crippen LogP contribution in [-0.4, -0.2) is 19.8 Å². The molecule has 5 nitrogen and oxygen atoms in total. The van der Waals surface area contributed by atoms with Crippen molar-refractivity contribution in [2.24, 2.45) is 5.41 Å². The Morgan fingerprint density at radius 1 is 1.15 bits per heavy atom. The predicted octanol–water partition coefficient (Wildman–Crippen LogP) is 4.50. The fourth-order valence-corrected chi connectivity index (χ4v) is 2.95. The van der Waals surface area contributed by atoms with E-state index in [0.29, 0.717) is 24.7 Å². The highest BCUT2D eigenvalue weighted by molar-refractivity contribution is 5.85. The van der Waals surface area contributed by atoms with Crippen molar-refractivity contribution < 1.29 is 19.0 Å². The average Bonchev–Trinajstić information content (AvgIpc) is 2.62. The largest absolute Gasteiger partial charge is 0.493 e. The van der Waals surface area contributed by atoms with Gasteiger partial charge in [-0.1, -0.05) is 50.2 Å². The second kappa shape index (κ2) is 8.32. The van der Waals surface area contributed by atoms with Crippen molar-refractivity contribution in [3.05, 3.63) is 59.7 Å². The molecule has 0 saturated carbocycles. The van der Waals surface area contributed by atoms with Crippen LogP contribution < -0.4 is 14.8 Å². The second-order valence-corrected chi connectivity index (χ2v) is 6.83. The lowest BCUT2D eigenvalue weighted by atomic mass is 9.80. The highest BCUT2D eigenvalue weighted by atomic mass is 35.5. The number of carbonyl (C=O) groups excluding carboxylic acids is 1. The number of hydrogen-bond donors (Lipinski definition) is 1. The highest BCUT2D eigenvalue weighted by Crippen LogP contribution is 2.39. The Labute approximate surface area is 160 Å². The zero-order chi connectivity index (χ0) is 17.9. The lowest BCUT2D eigenvalue weighted by Crippen LogP contribution is -2.46. The van der Waals surface area contributed by atoms with Crippen molar-refractivity contribution in [2.45, 2.75) is 26.5 Å². The molecule has 0 bridgehead atoms. The van der Waals surface area contributed by atoms with E-state index >= 15 is 0 Å². The van der Waals surface area contributed by atoms with E-state index in [4.69, 9.17) is 14.2 Å². The van der Waals surface area contributed by atoms with Gasteiger partial charge in [0.2, 0.25) is 0 Å². The summed E-state index contributed by atoms with van der Waals surface area (Å²) in [6.45, 7) is 4.94. The summed E-state index contributed by atoms with van der Waals surface area (Å²) in [6.07, 6.45) is -0.396. The molecule has 2 aromatic carbocycles. The molecule has 1 atom stereocenters. The summed E-state index contributed by atoms with van der Waals surface area (Å²) in [5, 5.41) is 2.90. The molecular weight excluding hydrogens is 354 g/mol. The molecule has 1 amide bonds.